The lowest BCUT2D eigenvalue weighted by atomic mass is 10.2. The first-order valence-electron chi connectivity index (χ1n) is 12.1. The van der Waals surface area contributed by atoms with Crippen LogP contribution in [0, 0.1) is 6.92 Å². The van der Waals surface area contributed by atoms with Gasteiger partial charge < -0.3 is 9.47 Å². The van der Waals surface area contributed by atoms with Crippen molar-refractivity contribution in [2.75, 3.05) is 13.2 Å². The van der Waals surface area contributed by atoms with E-state index in [-0.39, 0.29) is 22.7 Å². The molecule has 1 heterocycles. The first kappa shape index (κ1) is 28.6. The van der Waals surface area contributed by atoms with Gasteiger partial charge in [-0.1, -0.05) is 37.6 Å². The van der Waals surface area contributed by atoms with E-state index in [4.69, 9.17) is 9.47 Å². The van der Waals surface area contributed by atoms with Crippen molar-refractivity contribution in [3.8, 4) is 11.5 Å². The van der Waals surface area contributed by atoms with E-state index in [0.29, 0.717) is 23.6 Å². The third kappa shape index (κ3) is 8.85. The number of nitrogens with zero attached hydrogens (tertiary/aromatic N) is 1. The fraction of sp³-hybridized carbons (Fsp3) is 0.241. The normalized spacial score (nSPS) is 12.8. The number of esters is 1. The molecule has 3 rings (SSSR count). The van der Waals surface area contributed by atoms with Crippen molar-refractivity contribution < 1.29 is 33.0 Å². The number of unbranched alkanes of at least 4 members (excludes halogenated alkanes) is 3. The Hall–Kier alpha value is -3.98. The van der Waals surface area contributed by atoms with Crippen molar-refractivity contribution in [2.24, 2.45) is 0 Å². The van der Waals surface area contributed by atoms with Crippen LogP contribution in [0.1, 0.15) is 36.8 Å². The summed E-state index contributed by atoms with van der Waals surface area (Å²) in [6.07, 6.45) is 9.25. The highest BCUT2D eigenvalue weighted by molar-refractivity contribution is 8.14. The van der Waals surface area contributed by atoms with Crippen molar-refractivity contribution in [1.82, 2.24) is 4.90 Å². The quantitative estimate of drug-likeness (QED) is 0.0823. The van der Waals surface area contributed by atoms with E-state index in [1.54, 1.807) is 25.1 Å². The molecular weight excluding hydrogens is 509 g/mol. The monoisotopic (exact) mass is 537 g/mol. The van der Waals surface area contributed by atoms with Crippen molar-refractivity contribution in [2.45, 2.75) is 37.5 Å². The number of amides is 2. The Labute approximate surface area is 225 Å². The van der Waals surface area contributed by atoms with Gasteiger partial charge in [0.25, 0.3) is 11.8 Å². The molecule has 0 N–H and O–H groups in total. The highest BCUT2D eigenvalue weighted by Crippen LogP contribution is 2.27. The molecule has 0 aliphatic carbocycles. The molecule has 0 spiro atoms. The molecule has 0 atom stereocenters. The zero-order chi connectivity index (χ0) is 27.5. The summed E-state index contributed by atoms with van der Waals surface area (Å²) in [6, 6.07) is 12.2. The van der Waals surface area contributed by atoms with Crippen LogP contribution in [0.15, 0.2) is 78.0 Å². The van der Waals surface area contributed by atoms with Gasteiger partial charge in [0.15, 0.2) is 0 Å². The Morgan fingerprint density at radius 2 is 1.68 bits per heavy atom. The Morgan fingerprint density at radius 1 is 1.00 bits per heavy atom. The fourth-order valence-corrected chi connectivity index (χ4v) is 4.25. The number of aryl methyl sites for hydroxylation is 1. The van der Waals surface area contributed by atoms with Crippen LogP contribution in [0.2, 0.25) is 0 Å². The lowest BCUT2D eigenvalue weighted by Gasteiger charge is -2.13. The lowest BCUT2D eigenvalue weighted by molar-refractivity contribution is -0.137. The smallest absolute Gasteiger partial charge is 0.371 e. The molecule has 2 aromatic rings. The summed E-state index contributed by atoms with van der Waals surface area (Å²) in [4.78, 5) is 48.6. The first-order valence-corrected chi connectivity index (χ1v) is 12.9. The van der Waals surface area contributed by atoms with Gasteiger partial charge >= 0.3 is 5.97 Å². The fourth-order valence-electron chi connectivity index (χ4n) is 3.51. The minimum atomic E-state index is -1.18. The van der Waals surface area contributed by atoms with Gasteiger partial charge in [0.05, 0.1) is 6.61 Å². The number of ether oxygens (including phenoxy) is 2. The third-order valence-electron chi connectivity index (χ3n) is 5.53. The number of hydrogen-bond donors (Lipinski definition) is 0. The van der Waals surface area contributed by atoms with E-state index in [9.17, 15) is 23.6 Å². The molecule has 2 amide bonds. The van der Waals surface area contributed by atoms with Gasteiger partial charge in [0.1, 0.15) is 11.5 Å². The second kappa shape index (κ2) is 14.1. The van der Waals surface area contributed by atoms with Crippen LogP contribution < -0.4 is 9.47 Å². The topological polar surface area (TPSA) is 90.0 Å². The molecule has 0 bridgehead atoms. The summed E-state index contributed by atoms with van der Waals surface area (Å²) in [7, 11) is 0. The molecular formula is C29H28FNO6S. The zero-order valence-corrected chi connectivity index (χ0v) is 21.8. The van der Waals surface area contributed by atoms with Crippen LogP contribution in [0.25, 0.3) is 6.08 Å². The van der Waals surface area contributed by atoms with Crippen LogP contribution in [-0.4, -0.2) is 41.0 Å². The predicted molar refractivity (Wildman–Crippen MR) is 143 cm³/mol. The number of carbonyl (C=O) groups is 4. The Bertz CT molecular complexity index is 1250. The van der Waals surface area contributed by atoms with Crippen LogP contribution in [0.4, 0.5) is 4.39 Å². The summed E-state index contributed by atoms with van der Waals surface area (Å²) in [5.74, 6) is -1.88. The summed E-state index contributed by atoms with van der Waals surface area (Å²) < 4.78 is 23.5. The number of hydrogen-bond acceptors (Lipinski definition) is 7. The molecule has 1 aliphatic heterocycles. The number of imide groups is 1. The molecule has 0 saturated heterocycles. The van der Waals surface area contributed by atoms with Gasteiger partial charge in [-0.25, -0.2) is 4.79 Å². The van der Waals surface area contributed by atoms with Crippen LogP contribution >= 0.6 is 11.8 Å². The molecule has 9 heteroatoms. The largest absolute Gasteiger partial charge is 0.494 e. The molecule has 0 radical (unpaired) electrons. The highest BCUT2D eigenvalue weighted by atomic mass is 32.2. The van der Waals surface area contributed by atoms with E-state index in [1.165, 1.54) is 29.2 Å². The second-order valence-corrected chi connectivity index (χ2v) is 9.55. The number of benzene rings is 2. The van der Waals surface area contributed by atoms with E-state index in [1.807, 2.05) is 24.3 Å². The molecule has 7 nitrogen and oxygen atoms in total. The molecule has 38 heavy (non-hydrogen) atoms. The summed E-state index contributed by atoms with van der Waals surface area (Å²) in [5, 5.41) is -0.179. The average molecular weight is 538 g/mol. The predicted octanol–water partition coefficient (Wildman–Crippen LogP) is 5.58. The minimum absolute atomic E-state index is 0.179. The van der Waals surface area contributed by atoms with Crippen LogP contribution in [0.5, 0.6) is 11.5 Å². The Balaban J connectivity index is 1.35. The Kier molecular flexibility index (Phi) is 10.6. The number of carbonyl (C=O) groups excluding carboxylic acids is 4. The van der Waals surface area contributed by atoms with Crippen molar-refractivity contribution in [3.63, 3.8) is 0 Å². The van der Waals surface area contributed by atoms with Gasteiger partial charge in [0.2, 0.25) is 10.9 Å². The lowest BCUT2D eigenvalue weighted by Crippen LogP contribution is -2.30. The van der Waals surface area contributed by atoms with Crippen LogP contribution in [0.3, 0.4) is 0 Å². The van der Waals surface area contributed by atoms with Crippen LogP contribution in [-0.2, 0) is 19.2 Å². The van der Waals surface area contributed by atoms with E-state index >= 15 is 0 Å². The van der Waals surface area contributed by atoms with Gasteiger partial charge in [-0.2, -0.15) is 4.39 Å². The summed E-state index contributed by atoms with van der Waals surface area (Å²) in [5.41, 5.74) is 1.43. The van der Waals surface area contributed by atoms with Gasteiger partial charge in [-0.05, 0) is 79.1 Å². The van der Waals surface area contributed by atoms with E-state index < -0.39 is 11.8 Å². The van der Waals surface area contributed by atoms with E-state index in [0.717, 1.165) is 48.8 Å². The summed E-state index contributed by atoms with van der Waals surface area (Å²) in [6.45, 7) is 5.61. The van der Waals surface area contributed by atoms with Gasteiger partial charge in [-0.3, -0.25) is 19.3 Å². The number of thioether (sulfide) groups is 1. The Morgan fingerprint density at radius 3 is 2.34 bits per heavy atom. The molecule has 1 aliphatic rings. The zero-order valence-electron chi connectivity index (χ0n) is 21.0. The maximum atomic E-state index is 12.8. The third-order valence-corrected chi connectivity index (χ3v) is 6.35. The second-order valence-electron chi connectivity index (χ2n) is 8.47. The highest BCUT2D eigenvalue weighted by Gasteiger charge is 2.22. The van der Waals surface area contributed by atoms with E-state index in [2.05, 4.69) is 6.58 Å². The maximum absolute atomic E-state index is 12.8. The summed E-state index contributed by atoms with van der Waals surface area (Å²) >= 11 is 1.02. The average Bonchev–Trinajstić information content (AvgIpc) is 3.21. The molecule has 198 valence electrons. The van der Waals surface area contributed by atoms with Gasteiger partial charge in [-0.15, -0.1) is 0 Å². The van der Waals surface area contributed by atoms with Gasteiger partial charge in [0, 0.05) is 23.6 Å². The molecule has 0 unspecified atom stereocenters. The van der Waals surface area contributed by atoms with Crippen molar-refractivity contribution >= 4 is 40.7 Å². The number of rotatable bonds is 13. The molecule has 0 aromatic heterocycles. The molecule has 0 saturated carbocycles. The molecule has 0 fully saturated rings. The van der Waals surface area contributed by atoms with Crippen molar-refractivity contribution in [3.05, 3.63) is 84.2 Å². The maximum Gasteiger partial charge on any atom is 0.371 e. The SMILES string of the molecule is C=C(F)C(=O)Oc1ccc(SC(=O)/C=C/c2ccc(OCCCCCCN3C(=O)C=CC3=O)cc2)cc1C. The molecule has 2 aromatic carbocycles. The minimum Gasteiger partial charge on any atom is -0.494 e. The standard InChI is InChI=1S/C29H28FNO6S/c1-20-19-24(12-13-25(20)37-29(35)21(2)30)38-28(34)16-9-22-7-10-23(11-8-22)36-18-6-4-3-5-17-31-26(32)14-15-27(31)33/h7-16,19H,2-6,17-18H2,1H3/b16-9+. The number of halogens is 1. The first-order chi connectivity index (χ1) is 18.2. The van der Waals surface area contributed by atoms with Crippen molar-refractivity contribution in [1.29, 1.82) is 0 Å².